The molecule has 0 fully saturated rings. The summed E-state index contributed by atoms with van der Waals surface area (Å²) in [5.74, 6) is -1.45. The maximum absolute atomic E-state index is 12.6. The molecule has 0 aromatic heterocycles. The highest BCUT2D eigenvalue weighted by atomic mass is 79.9. The molecule has 24 heavy (non-hydrogen) atoms. The lowest BCUT2D eigenvalue weighted by molar-refractivity contribution is -0.137. The van der Waals surface area contributed by atoms with E-state index in [1.807, 2.05) is 0 Å². The minimum absolute atomic E-state index is 0.0340. The number of halogens is 4. The summed E-state index contributed by atoms with van der Waals surface area (Å²) >= 11 is 3.20. The average molecular weight is 402 g/mol. The number of nitrogens with one attached hydrogen (secondary N) is 1. The van der Waals surface area contributed by atoms with Crippen LogP contribution in [-0.2, 0) is 15.7 Å². The summed E-state index contributed by atoms with van der Waals surface area (Å²) in [6.07, 6.45) is -4.51. The number of hydrogen-bond donors (Lipinski definition) is 1. The van der Waals surface area contributed by atoms with Crippen LogP contribution >= 0.6 is 15.9 Å². The second-order valence-electron chi connectivity index (χ2n) is 4.71. The smallest absolute Gasteiger partial charge is 0.416 e. The first-order valence-corrected chi connectivity index (χ1v) is 7.45. The van der Waals surface area contributed by atoms with Crippen LogP contribution in [-0.4, -0.2) is 18.5 Å². The van der Waals surface area contributed by atoms with Crippen molar-refractivity contribution < 1.29 is 27.5 Å². The molecule has 0 aliphatic heterocycles. The van der Waals surface area contributed by atoms with Crippen molar-refractivity contribution in [2.24, 2.45) is 0 Å². The Morgan fingerprint density at radius 3 is 2.46 bits per heavy atom. The summed E-state index contributed by atoms with van der Waals surface area (Å²) in [6, 6.07) is 10.6. The SMILES string of the molecule is O=C(COC(=O)c1cccc(Br)c1)Nc1cccc(C(F)(F)F)c1. The Kier molecular flexibility index (Phi) is 5.61. The number of alkyl halides is 3. The number of benzene rings is 2. The lowest BCUT2D eigenvalue weighted by Crippen LogP contribution is -2.21. The molecule has 0 heterocycles. The van der Waals surface area contributed by atoms with Crippen LogP contribution in [0.5, 0.6) is 0 Å². The molecule has 0 radical (unpaired) electrons. The predicted molar refractivity (Wildman–Crippen MR) is 84.5 cm³/mol. The monoisotopic (exact) mass is 401 g/mol. The molecule has 1 N–H and O–H groups in total. The van der Waals surface area contributed by atoms with Crippen LogP contribution in [0.15, 0.2) is 53.0 Å². The van der Waals surface area contributed by atoms with Gasteiger partial charge in [0.1, 0.15) is 0 Å². The van der Waals surface area contributed by atoms with Crippen molar-refractivity contribution in [3.63, 3.8) is 0 Å². The third kappa shape index (κ3) is 5.09. The molecule has 0 unspecified atom stereocenters. The Labute approximate surface area is 143 Å². The summed E-state index contributed by atoms with van der Waals surface area (Å²) in [7, 11) is 0. The fraction of sp³-hybridized carbons (Fsp3) is 0.125. The number of ether oxygens (including phenoxy) is 1. The van der Waals surface area contributed by atoms with Gasteiger partial charge in [0.2, 0.25) is 0 Å². The first kappa shape index (κ1) is 18.0. The number of anilines is 1. The Balaban J connectivity index is 1.93. The molecule has 126 valence electrons. The van der Waals surface area contributed by atoms with Gasteiger partial charge in [-0.25, -0.2) is 4.79 Å². The molecule has 0 atom stereocenters. The van der Waals surface area contributed by atoms with E-state index in [0.717, 1.165) is 12.1 Å². The van der Waals surface area contributed by atoms with Gasteiger partial charge in [-0.2, -0.15) is 13.2 Å². The molecule has 0 aliphatic rings. The van der Waals surface area contributed by atoms with Gasteiger partial charge in [0.25, 0.3) is 5.91 Å². The van der Waals surface area contributed by atoms with E-state index < -0.39 is 30.2 Å². The summed E-state index contributed by atoms with van der Waals surface area (Å²) in [4.78, 5) is 23.5. The third-order valence-corrected chi connectivity index (χ3v) is 3.36. The van der Waals surface area contributed by atoms with Crippen LogP contribution in [0.2, 0.25) is 0 Å². The lowest BCUT2D eigenvalue weighted by Gasteiger charge is -2.10. The van der Waals surface area contributed by atoms with Crippen LogP contribution in [0.1, 0.15) is 15.9 Å². The van der Waals surface area contributed by atoms with Crippen LogP contribution in [0.3, 0.4) is 0 Å². The molecule has 0 saturated heterocycles. The number of rotatable bonds is 4. The highest BCUT2D eigenvalue weighted by molar-refractivity contribution is 9.10. The number of esters is 1. The van der Waals surface area contributed by atoms with Gasteiger partial charge in [0.15, 0.2) is 6.61 Å². The van der Waals surface area contributed by atoms with Gasteiger partial charge in [-0.15, -0.1) is 0 Å². The maximum Gasteiger partial charge on any atom is 0.416 e. The molecular formula is C16H11BrF3NO3. The Bertz CT molecular complexity index is 762. The molecule has 0 saturated carbocycles. The fourth-order valence-electron chi connectivity index (χ4n) is 1.80. The van der Waals surface area contributed by atoms with E-state index in [0.29, 0.717) is 4.47 Å². The minimum Gasteiger partial charge on any atom is -0.452 e. The van der Waals surface area contributed by atoms with Crippen molar-refractivity contribution in [2.45, 2.75) is 6.18 Å². The lowest BCUT2D eigenvalue weighted by atomic mass is 10.2. The third-order valence-electron chi connectivity index (χ3n) is 2.87. The first-order chi connectivity index (χ1) is 11.3. The molecule has 1 amide bonds. The van der Waals surface area contributed by atoms with Gasteiger partial charge in [-0.05, 0) is 36.4 Å². The van der Waals surface area contributed by atoms with Crippen molar-refractivity contribution in [3.8, 4) is 0 Å². The van der Waals surface area contributed by atoms with Gasteiger partial charge in [-0.3, -0.25) is 4.79 Å². The maximum atomic E-state index is 12.6. The Morgan fingerprint density at radius 1 is 1.08 bits per heavy atom. The van der Waals surface area contributed by atoms with E-state index in [-0.39, 0.29) is 11.3 Å². The summed E-state index contributed by atoms with van der Waals surface area (Å²) in [6.45, 7) is -0.610. The molecule has 4 nitrogen and oxygen atoms in total. The summed E-state index contributed by atoms with van der Waals surface area (Å²) in [5.41, 5.74) is -0.670. The van der Waals surface area contributed by atoms with Gasteiger partial charge in [0.05, 0.1) is 11.1 Å². The number of amides is 1. The van der Waals surface area contributed by atoms with Crippen molar-refractivity contribution in [3.05, 3.63) is 64.1 Å². The Hall–Kier alpha value is -2.35. The summed E-state index contributed by atoms with van der Waals surface area (Å²) < 4.78 is 43.3. The molecule has 0 bridgehead atoms. The molecular weight excluding hydrogens is 391 g/mol. The molecule has 8 heteroatoms. The van der Waals surface area contributed by atoms with Crippen molar-refractivity contribution >= 4 is 33.5 Å². The van der Waals surface area contributed by atoms with Gasteiger partial charge >= 0.3 is 12.1 Å². The van der Waals surface area contributed by atoms with E-state index >= 15 is 0 Å². The number of hydrogen-bond acceptors (Lipinski definition) is 3. The van der Waals surface area contributed by atoms with E-state index in [9.17, 15) is 22.8 Å². The van der Waals surface area contributed by atoms with Gasteiger partial charge < -0.3 is 10.1 Å². The highest BCUT2D eigenvalue weighted by Gasteiger charge is 2.30. The second-order valence-corrected chi connectivity index (χ2v) is 5.63. The van der Waals surface area contributed by atoms with Gasteiger partial charge in [-0.1, -0.05) is 28.1 Å². The normalized spacial score (nSPS) is 11.0. The molecule has 0 aliphatic carbocycles. The van der Waals surface area contributed by atoms with Crippen LogP contribution in [0.4, 0.5) is 18.9 Å². The predicted octanol–water partition coefficient (Wildman–Crippen LogP) is 4.26. The zero-order valence-corrected chi connectivity index (χ0v) is 13.6. The topological polar surface area (TPSA) is 55.4 Å². The quantitative estimate of drug-likeness (QED) is 0.778. The summed E-state index contributed by atoms with van der Waals surface area (Å²) in [5, 5.41) is 2.25. The standard InChI is InChI=1S/C16H11BrF3NO3/c17-12-5-1-3-10(7-12)15(23)24-9-14(22)21-13-6-2-4-11(8-13)16(18,19)20/h1-8H,9H2,(H,21,22). The fourth-order valence-corrected chi connectivity index (χ4v) is 2.20. The van der Waals surface area contributed by atoms with Crippen molar-refractivity contribution in [1.82, 2.24) is 0 Å². The largest absolute Gasteiger partial charge is 0.452 e. The molecule has 2 rings (SSSR count). The van der Waals surface area contributed by atoms with Crippen molar-refractivity contribution in [2.75, 3.05) is 11.9 Å². The van der Waals surface area contributed by atoms with E-state index in [1.165, 1.54) is 24.3 Å². The van der Waals surface area contributed by atoms with E-state index in [2.05, 4.69) is 21.2 Å². The van der Waals surface area contributed by atoms with Crippen LogP contribution < -0.4 is 5.32 Å². The van der Waals surface area contributed by atoms with Crippen LogP contribution in [0.25, 0.3) is 0 Å². The number of carbonyl (C=O) groups excluding carboxylic acids is 2. The molecule has 2 aromatic rings. The zero-order chi connectivity index (χ0) is 17.7. The number of carbonyl (C=O) groups is 2. The molecule has 2 aromatic carbocycles. The highest BCUT2D eigenvalue weighted by Crippen LogP contribution is 2.30. The van der Waals surface area contributed by atoms with E-state index in [4.69, 9.17) is 4.74 Å². The Morgan fingerprint density at radius 2 is 1.79 bits per heavy atom. The average Bonchev–Trinajstić information content (AvgIpc) is 2.52. The van der Waals surface area contributed by atoms with Crippen molar-refractivity contribution in [1.29, 1.82) is 0 Å². The van der Waals surface area contributed by atoms with Crippen LogP contribution in [0, 0.1) is 0 Å². The van der Waals surface area contributed by atoms with E-state index in [1.54, 1.807) is 12.1 Å². The minimum atomic E-state index is -4.51. The van der Waals surface area contributed by atoms with Gasteiger partial charge in [0, 0.05) is 10.2 Å². The molecule has 0 spiro atoms. The zero-order valence-electron chi connectivity index (χ0n) is 12.1. The second kappa shape index (κ2) is 7.48. The first-order valence-electron chi connectivity index (χ1n) is 6.65.